The molecular formula is C15H20BrNO. The number of aliphatic hydroxyl groups excluding tert-OH is 1. The van der Waals surface area contributed by atoms with Gasteiger partial charge in [0.15, 0.2) is 0 Å². The van der Waals surface area contributed by atoms with Gasteiger partial charge >= 0.3 is 0 Å². The molecule has 1 atom stereocenters. The highest BCUT2D eigenvalue weighted by atomic mass is 79.9. The Morgan fingerprint density at radius 3 is 2.78 bits per heavy atom. The van der Waals surface area contributed by atoms with E-state index >= 15 is 0 Å². The minimum absolute atomic E-state index is 0.116. The van der Waals surface area contributed by atoms with Gasteiger partial charge in [0.25, 0.3) is 0 Å². The van der Waals surface area contributed by atoms with E-state index in [2.05, 4.69) is 45.5 Å². The fraction of sp³-hybridized carbons (Fsp3) is 0.600. The summed E-state index contributed by atoms with van der Waals surface area (Å²) in [5.74, 6) is 1.27. The van der Waals surface area contributed by atoms with Crippen LogP contribution < -0.4 is 5.32 Å². The first-order chi connectivity index (χ1) is 8.72. The van der Waals surface area contributed by atoms with E-state index < -0.39 is 0 Å². The minimum Gasteiger partial charge on any atom is -0.392 e. The lowest BCUT2D eigenvalue weighted by molar-refractivity contribution is 0.135. The van der Waals surface area contributed by atoms with E-state index in [0.717, 1.165) is 6.54 Å². The van der Waals surface area contributed by atoms with Gasteiger partial charge in [-0.15, -0.1) is 0 Å². The van der Waals surface area contributed by atoms with Crippen LogP contribution in [-0.2, 0) is 0 Å². The number of aliphatic hydroxyl groups is 1. The van der Waals surface area contributed by atoms with Crippen molar-refractivity contribution in [1.82, 2.24) is 5.32 Å². The first-order valence-electron chi connectivity index (χ1n) is 6.89. The Balaban J connectivity index is 1.42. The molecule has 0 aromatic heterocycles. The molecule has 98 valence electrons. The summed E-state index contributed by atoms with van der Waals surface area (Å²) >= 11 is 3.52. The van der Waals surface area contributed by atoms with Gasteiger partial charge in [-0.1, -0.05) is 28.1 Å². The third-order valence-corrected chi connectivity index (χ3v) is 4.73. The lowest BCUT2D eigenvalue weighted by Crippen LogP contribution is -2.43. The molecule has 1 unspecified atom stereocenters. The number of benzene rings is 1. The second-order valence-corrected chi connectivity index (χ2v) is 6.65. The van der Waals surface area contributed by atoms with Crippen LogP contribution >= 0.6 is 15.9 Å². The summed E-state index contributed by atoms with van der Waals surface area (Å²) in [4.78, 5) is 0. The van der Waals surface area contributed by atoms with Crippen LogP contribution in [0.4, 0.5) is 0 Å². The van der Waals surface area contributed by atoms with E-state index in [1.165, 1.54) is 35.7 Å². The zero-order valence-electron chi connectivity index (χ0n) is 10.5. The SMILES string of the molecule is OC(CNC1CC(c2cccc(Br)c2)C1)C1CC1. The predicted molar refractivity (Wildman–Crippen MR) is 76.6 cm³/mol. The largest absolute Gasteiger partial charge is 0.392 e. The van der Waals surface area contributed by atoms with Gasteiger partial charge in [0.05, 0.1) is 6.10 Å². The van der Waals surface area contributed by atoms with Crippen LogP contribution in [-0.4, -0.2) is 23.8 Å². The fourth-order valence-electron chi connectivity index (χ4n) is 2.75. The maximum Gasteiger partial charge on any atom is 0.0692 e. The second kappa shape index (κ2) is 5.32. The van der Waals surface area contributed by atoms with Gasteiger partial charge in [-0.3, -0.25) is 0 Å². The van der Waals surface area contributed by atoms with Crippen LogP contribution in [0.15, 0.2) is 28.7 Å². The molecule has 1 aromatic rings. The zero-order chi connectivity index (χ0) is 12.5. The maximum atomic E-state index is 9.81. The Morgan fingerprint density at radius 2 is 2.11 bits per heavy atom. The molecule has 2 fully saturated rings. The first-order valence-corrected chi connectivity index (χ1v) is 7.68. The highest BCUT2D eigenvalue weighted by molar-refractivity contribution is 9.10. The van der Waals surface area contributed by atoms with Crippen molar-refractivity contribution in [3.8, 4) is 0 Å². The highest BCUT2D eigenvalue weighted by Gasteiger charge is 2.33. The van der Waals surface area contributed by atoms with E-state index in [1.54, 1.807) is 0 Å². The van der Waals surface area contributed by atoms with Crippen LogP contribution in [0, 0.1) is 5.92 Å². The van der Waals surface area contributed by atoms with Gasteiger partial charge in [0, 0.05) is 17.1 Å². The summed E-state index contributed by atoms with van der Waals surface area (Å²) in [6, 6.07) is 9.22. The van der Waals surface area contributed by atoms with Gasteiger partial charge in [-0.2, -0.15) is 0 Å². The van der Waals surface area contributed by atoms with Gasteiger partial charge in [0.2, 0.25) is 0 Å². The Hall–Kier alpha value is -0.380. The molecule has 0 aliphatic heterocycles. The van der Waals surface area contributed by atoms with Crippen LogP contribution in [0.1, 0.15) is 37.2 Å². The Morgan fingerprint density at radius 1 is 1.33 bits per heavy atom. The van der Waals surface area contributed by atoms with Crippen molar-refractivity contribution in [2.75, 3.05) is 6.54 Å². The van der Waals surface area contributed by atoms with Gasteiger partial charge < -0.3 is 10.4 Å². The Labute approximate surface area is 117 Å². The third-order valence-electron chi connectivity index (χ3n) is 4.24. The minimum atomic E-state index is -0.116. The van der Waals surface area contributed by atoms with E-state index in [-0.39, 0.29) is 6.10 Å². The fourth-order valence-corrected chi connectivity index (χ4v) is 3.17. The van der Waals surface area contributed by atoms with Crippen LogP contribution in [0.25, 0.3) is 0 Å². The molecule has 0 radical (unpaired) electrons. The normalized spacial score (nSPS) is 28.8. The highest BCUT2D eigenvalue weighted by Crippen LogP contribution is 2.38. The van der Waals surface area contributed by atoms with Gasteiger partial charge in [0.1, 0.15) is 0 Å². The molecule has 3 rings (SSSR count). The summed E-state index contributed by atoms with van der Waals surface area (Å²) in [7, 11) is 0. The van der Waals surface area contributed by atoms with E-state index in [9.17, 15) is 5.11 Å². The number of nitrogens with one attached hydrogen (secondary N) is 1. The molecule has 18 heavy (non-hydrogen) atoms. The summed E-state index contributed by atoms with van der Waals surface area (Å²) in [5, 5.41) is 13.3. The topological polar surface area (TPSA) is 32.3 Å². The average Bonchev–Trinajstić information content (AvgIpc) is 3.10. The van der Waals surface area contributed by atoms with Gasteiger partial charge in [-0.25, -0.2) is 0 Å². The maximum absolute atomic E-state index is 9.81. The molecule has 0 amide bonds. The zero-order valence-corrected chi connectivity index (χ0v) is 12.1. The van der Waals surface area contributed by atoms with E-state index in [1.807, 2.05) is 0 Å². The lowest BCUT2D eigenvalue weighted by Gasteiger charge is -2.37. The molecule has 2 aliphatic rings. The summed E-state index contributed by atoms with van der Waals surface area (Å²) in [6.07, 6.45) is 4.72. The Bertz CT molecular complexity index is 413. The summed E-state index contributed by atoms with van der Waals surface area (Å²) in [5.41, 5.74) is 1.44. The first kappa shape index (κ1) is 12.6. The molecule has 0 heterocycles. The van der Waals surface area contributed by atoms with Crippen molar-refractivity contribution in [3.05, 3.63) is 34.3 Å². The lowest BCUT2D eigenvalue weighted by atomic mass is 9.76. The van der Waals surface area contributed by atoms with E-state index in [0.29, 0.717) is 17.9 Å². The summed E-state index contributed by atoms with van der Waals surface area (Å²) < 4.78 is 1.17. The third kappa shape index (κ3) is 2.95. The van der Waals surface area contributed by atoms with Crippen molar-refractivity contribution in [1.29, 1.82) is 0 Å². The number of hydrogen-bond donors (Lipinski definition) is 2. The predicted octanol–water partition coefficient (Wildman–Crippen LogP) is 3.06. The monoisotopic (exact) mass is 309 g/mol. The van der Waals surface area contributed by atoms with E-state index in [4.69, 9.17) is 0 Å². The van der Waals surface area contributed by atoms with Crippen molar-refractivity contribution < 1.29 is 5.11 Å². The molecular weight excluding hydrogens is 290 g/mol. The molecule has 0 saturated heterocycles. The van der Waals surface area contributed by atoms with Crippen LogP contribution in [0.3, 0.4) is 0 Å². The quantitative estimate of drug-likeness (QED) is 0.876. The molecule has 3 heteroatoms. The van der Waals surface area contributed by atoms with Crippen LogP contribution in [0.5, 0.6) is 0 Å². The smallest absolute Gasteiger partial charge is 0.0692 e. The van der Waals surface area contributed by atoms with Gasteiger partial charge in [-0.05, 0) is 55.2 Å². The summed E-state index contributed by atoms with van der Waals surface area (Å²) in [6.45, 7) is 0.778. The molecule has 2 nitrogen and oxygen atoms in total. The molecule has 1 aromatic carbocycles. The van der Waals surface area contributed by atoms with Crippen molar-refractivity contribution in [2.45, 2.75) is 43.7 Å². The van der Waals surface area contributed by atoms with Crippen molar-refractivity contribution >= 4 is 15.9 Å². The van der Waals surface area contributed by atoms with Crippen molar-refractivity contribution in [3.63, 3.8) is 0 Å². The molecule has 2 aliphatic carbocycles. The number of halogens is 1. The molecule has 0 spiro atoms. The van der Waals surface area contributed by atoms with Crippen LogP contribution in [0.2, 0.25) is 0 Å². The van der Waals surface area contributed by atoms with Crippen molar-refractivity contribution in [2.24, 2.45) is 5.92 Å². The standard InChI is InChI=1S/C15H20BrNO/c16-13-3-1-2-11(6-13)12-7-14(8-12)17-9-15(18)10-4-5-10/h1-3,6,10,12,14-15,17-18H,4-5,7-9H2. The number of hydrogen-bond acceptors (Lipinski definition) is 2. The average molecular weight is 310 g/mol. The number of rotatable bonds is 5. The molecule has 2 N–H and O–H groups in total. The molecule has 2 saturated carbocycles. The second-order valence-electron chi connectivity index (χ2n) is 5.73. The Kier molecular flexibility index (Phi) is 3.73. The molecule has 0 bridgehead atoms.